The van der Waals surface area contributed by atoms with Crippen LogP contribution in [-0.2, 0) is 9.59 Å². The molecule has 3 N–H and O–H groups in total. The van der Waals surface area contributed by atoms with E-state index >= 15 is 0 Å². The SMILES string of the molecule is O=C(O)CNC(=O)[C@H](CCCCO)N1C(=O)c2ccccc2C1=O. The molecule has 0 aromatic heterocycles. The van der Waals surface area contributed by atoms with Crippen LogP contribution in [0.5, 0.6) is 0 Å². The molecule has 2 rings (SSSR count). The van der Waals surface area contributed by atoms with Gasteiger partial charge in [0.25, 0.3) is 11.8 Å². The van der Waals surface area contributed by atoms with E-state index in [2.05, 4.69) is 5.32 Å². The normalized spacial score (nSPS) is 14.5. The molecule has 0 fully saturated rings. The van der Waals surface area contributed by atoms with Crippen LogP contribution in [0, 0.1) is 0 Å². The number of imide groups is 1. The molecule has 1 aromatic rings. The predicted octanol–water partition coefficient (Wildman–Crippen LogP) is 0.0146. The molecule has 0 unspecified atom stereocenters. The van der Waals surface area contributed by atoms with E-state index in [1.807, 2.05) is 0 Å². The maximum absolute atomic E-state index is 12.5. The number of carboxylic acids is 1. The van der Waals surface area contributed by atoms with Crippen molar-refractivity contribution in [3.63, 3.8) is 0 Å². The van der Waals surface area contributed by atoms with Gasteiger partial charge in [0, 0.05) is 6.61 Å². The zero-order valence-electron chi connectivity index (χ0n) is 12.9. The van der Waals surface area contributed by atoms with Gasteiger partial charge in [-0.15, -0.1) is 0 Å². The van der Waals surface area contributed by atoms with Crippen LogP contribution in [0.1, 0.15) is 40.0 Å². The van der Waals surface area contributed by atoms with Gasteiger partial charge in [-0.05, 0) is 31.4 Å². The van der Waals surface area contributed by atoms with Crippen LogP contribution in [-0.4, -0.2) is 58.0 Å². The highest BCUT2D eigenvalue weighted by Crippen LogP contribution is 2.26. The van der Waals surface area contributed by atoms with E-state index in [1.165, 1.54) is 12.1 Å². The molecule has 1 aliphatic heterocycles. The second kappa shape index (κ2) is 7.69. The molecule has 1 heterocycles. The standard InChI is InChI=1S/C16H18N2O6/c19-8-4-3-7-12(14(22)17-9-13(20)21)18-15(23)10-5-1-2-6-11(10)16(18)24/h1-2,5-6,12,19H,3-4,7-9H2,(H,17,22)(H,20,21)/t12-/m0/s1. The number of benzene rings is 1. The van der Waals surface area contributed by atoms with E-state index in [0.717, 1.165) is 4.90 Å². The summed E-state index contributed by atoms with van der Waals surface area (Å²) in [4.78, 5) is 48.7. The number of fused-ring (bicyclic) bond motifs is 1. The molecule has 1 atom stereocenters. The van der Waals surface area contributed by atoms with Crippen LogP contribution in [0.2, 0.25) is 0 Å². The molecule has 0 spiro atoms. The molecule has 1 aromatic carbocycles. The number of hydrogen-bond donors (Lipinski definition) is 3. The fourth-order valence-electron chi connectivity index (χ4n) is 2.60. The van der Waals surface area contributed by atoms with Crippen LogP contribution >= 0.6 is 0 Å². The van der Waals surface area contributed by atoms with Gasteiger partial charge in [0.1, 0.15) is 12.6 Å². The van der Waals surface area contributed by atoms with Gasteiger partial charge in [-0.2, -0.15) is 0 Å². The zero-order chi connectivity index (χ0) is 17.7. The summed E-state index contributed by atoms with van der Waals surface area (Å²) in [6.45, 7) is -0.677. The smallest absolute Gasteiger partial charge is 0.322 e. The number of rotatable bonds is 8. The molecule has 3 amide bonds. The summed E-state index contributed by atoms with van der Waals surface area (Å²) in [5.74, 6) is -3.07. The minimum absolute atomic E-state index is 0.0778. The maximum Gasteiger partial charge on any atom is 0.322 e. The summed E-state index contributed by atoms with van der Waals surface area (Å²) in [7, 11) is 0. The average Bonchev–Trinajstić information content (AvgIpc) is 2.82. The zero-order valence-corrected chi connectivity index (χ0v) is 12.9. The molecule has 24 heavy (non-hydrogen) atoms. The molecule has 8 heteroatoms. The summed E-state index contributed by atoms with van der Waals surface area (Å²) in [5, 5.41) is 19.8. The average molecular weight is 334 g/mol. The van der Waals surface area contributed by atoms with Gasteiger partial charge in [-0.3, -0.25) is 24.1 Å². The quantitative estimate of drug-likeness (QED) is 0.454. The van der Waals surface area contributed by atoms with Crippen molar-refractivity contribution < 1.29 is 29.4 Å². The number of carbonyl (C=O) groups excluding carboxylic acids is 3. The molecular formula is C16H18N2O6. The lowest BCUT2D eigenvalue weighted by Gasteiger charge is -2.25. The van der Waals surface area contributed by atoms with E-state index in [0.29, 0.717) is 12.8 Å². The first-order chi connectivity index (χ1) is 11.5. The minimum atomic E-state index is -1.22. The number of carboxylic acid groups (broad SMARTS) is 1. The summed E-state index contributed by atoms with van der Waals surface area (Å²) in [6.07, 6.45) is 0.971. The highest BCUT2D eigenvalue weighted by atomic mass is 16.4. The van der Waals surface area contributed by atoms with E-state index in [-0.39, 0.29) is 24.2 Å². The van der Waals surface area contributed by atoms with Crippen molar-refractivity contribution in [2.75, 3.05) is 13.2 Å². The van der Waals surface area contributed by atoms with Crippen molar-refractivity contribution in [3.05, 3.63) is 35.4 Å². The fourth-order valence-corrected chi connectivity index (χ4v) is 2.60. The summed E-state index contributed by atoms with van der Waals surface area (Å²) in [5.41, 5.74) is 0.446. The number of nitrogens with one attached hydrogen (secondary N) is 1. The molecule has 0 aliphatic carbocycles. The highest BCUT2D eigenvalue weighted by molar-refractivity contribution is 6.22. The lowest BCUT2D eigenvalue weighted by atomic mass is 10.1. The topological polar surface area (TPSA) is 124 Å². The highest BCUT2D eigenvalue weighted by Gasteiger charge is 2.42. The maximum atomic E-state index is 12.5. The first kappa shape index (κ1) is 17.6. The van der Waals surface area contributed by atoms with Crippen molar-refractivity contribution in [3.8, 4) is 0 Å². The van der Waals surface area contributed by atoms with Gasteiger partial charge in [0.2, 0.25) is 5.91 Å². The Labute approximate surface area is 138 Å². The van der Waals surface area contributed by atoms with Crippen LogP contribution in [0.25, 0.3) is 0 Å². The number of amides is 3. The van der Waals surface area contributed by atoms with E-state index < -0.39 is 36.3 Å². The van der Waals surface area contributed by atoms with Crippen LogP contribution in [0.4, 0.5) is 0 Å². The molecule has 8 nitrogen and oxygen atoms in total. The van der Waals surface area contributed by atoms with Crippen molar-refractivity contribution in [1.82, 2.24) is 10.2 Å². The molecule has 1 aliphatic rings. The minimum Gasteiger partial charge on any atom is -0.480 e. The van der Waals surface area contributed by atoms with Gasteiger partial charge in [0.05, 0.1) is 11.1 Å². The van der Waals surface area contributed by atoms with Crippen molar-refractivity contribution >= 4 is 23.7 Å². The molecule has 0 saturated heterocycles. The number of aliphatic hydroxyl groups excluding tert-OH is 1. The predicted molar refractivity (Wildman–Crippen MR) is 82.3 cm³/mol. The molecule has 0 bridgehead atoms. The third-order valence-corrected chi connectivity index (χ3v) is 3.74. The van der Waals surface area contributed by atoms with E-state index in [4.69, 9.17) is 10.2 Å². The van der Waals surface area contributed by atoms with E-state index in [1.54, 1.807) is 12.1 Å². The Balaban J connectivity index is 2.23. The molecule has 0 saturated carbocycles. The van der Waals surface area contributed by atoms with Gasteiger partial charge in [-0.1, -0.05) is 12.1 Å². The summed E-state index contributed by atoms with van der Waals surface area (Å²) < 4.78 is 0. The lowest BCUT2D eigenvalue weighted by Crippen LogP contribution is -2.50. The Hall–Kier alpha value is -2.74. The number of carbonyl (C=O) groups is 4. The van der Waals surface area contributed by atoms with Gasteiger partial charge < -0.3 is 15.5 Å². The van der Waals surface area contributed by atoms with Crippen LogP contribution in [0.3, 0.4) is 0 Å². The number of aliphatic hydroxyl groups is 1. The monoisotopic (exact) mass is 334 g/mol. The number of nitrogens with zero attached hydrogens (tertiary/aromatic N) is 1. The number of hydrogen-bond acceptors (Lipinski definition) is 5. The van der Waals surface area contributed by atoms with Crippen LogP contribution < -0.4 is 5.32 Å². The molecular weight excluding hydrogens is 316 g/mol. The van der Waals surface area contributed by atoms with Gasteiger partial charge in [0.15, 0.2) is 0 Å². The van der Waals surface area contributed by atoms with Crippen molar-refractivity contribution in [2.45, 2.75) is 25.3 Å². The van der Waals surface area contributed by atoms with Crippen molar-refractivity contribution in [2.24, 2.45) is 0 Å². The summed E-state index contributed by atoms with van der Waals surface area (Å²) in [6, 6.07) is 5.16. The van der Waals surface area contributed by atoms with Crippen LogP contribution in [0.15, 0.2) is 24.3 Å². The lowest BCUT2D eigenvalue weighted by molar-refractivity contribution is -0.138. The Morgan fingerprint density at radius 2 is 1.67 bits per heavy atom. The van der Waals surface area contributed by atoms with Crippen molar-refractivity contribution in [1.29, 1.82) is 0 Å². The molecule has 0 radical (unpaired) electrons. The first-order valence-electron chi connectivity index (χ1n) is 7.54. The second-order valence-electron chi connectivity index (χ2n) is 5.37. The largest absolute Gasteiger partial charge is 0.480 e. The third-order valence-electron chi connectivity index (χ3n) is 3.74. The Bertz CT molecular complexity index is 637. The Kier molecular flexibility index (Phi) is 5.64. The number of unbranched alkanes of at least 4 members (excludes halogenated alkanes) is 1. The Morgan fingerprint density at radius 1 is 1.08 bits per heavy atom. The summed E-state index contributed by atoms with van der Waals surface area (Å²) >= 11 is 0. The first-order valence-corrected chi connectivity index (χ1v) is 7.54. The van der Waals surface area contributed by atoms with Gasteiger partial charge >= 0.3 is 5.97 Å². The fraction of sp³-hybridized carbons (Fsp3) is 0.375. The third kappa shape index (κ3) is 3.60. The number of aliphatic carboxylic acids is 1. The second-order valence-corrected chi connectivity index (χ2v) is 5.37. The Morgan fingerprint density at radius 3 is 2.17 bits per heavy atom. The molecule has 128 valence electrons. The van der Waals surface area contributed by atoms with E-state index in [9.17, 15) is 19.2 Å². The van der Waals surface area contributed by atoms with Gasteiger partial charge in [-0.25, -0.2) is 0 Å².